The van der Waals surface area contributed by atoms with Gasteiger partial charge in [0, 0.05) is 38.2 Å². The van der Waals surface area contributed by atoms with E-state index in [1.165, 1.54) is 6.92 Å². The van der Waals surface area contributed by atoms with Crippen LogP contribution in [0.25, 0.3) is 0 Å². The van der Waals surface area contributed by atoms with Crippen LogP contribution in [0.4, 0.5) is 5.69 Å². The van der Waals surface area contributed by atoms with Crippen molar-refractivity contribution in [2.45, 2.75) is 13.3 Å². The zero-order valence-electron chi connectivity index (χ0n) is 11.9. The molecule has 1 aliphatic heterocycles. The standard InChI is InChI=1S/C15H18N2O4/c1-3-7-17(11(2)18)8-6-15(19)16-12-4-5-13-14(9-12)21-10-20-13/h3-5,9H,1,6-8,10H2,2H3,(H,16,19). The van der Waals surface area contributed by atoms with Crippen molar-refractivity contribution in [2.24, 2.45) is 0 Å². The highest BCUT2D eigenvalue weighted by molar-refractivity contribution is 5.91. The molecule has 0 fully saturated rings. The first-order valence-electron chi connectivity index (χ1n) is 6.66. The average Bonchev–Trinajstić information content (AvgIpc) is 2.90. The predicted molar refractivity (Wildman–Crippen MR) is 78.3 cm³/mol. The van der Waals surface area contributed by atoms with Crippen molar-refractivity contribution in [3.8, 4) is 11.5 Å². The third-order valence-electron chi connectivity index (χ3n) is 3.06. The minimum Gasteiger partial charge on any atom is -0.454 e. The van der Waals surface area contributed by atoms with Crippen LogP contribution < -0.4 is 14.8 Å². The van der Waals surface area contributed by atoms with Gasteiger partial charge in [-0.1, -0.05) is 6.08 Å². The fraction of sp³-hybridized carbons (Fsp3) is 0.333. The first kappa shape index (κ1) is 14.9. The van der Waals surface area contributed by atoms with E-state index in [0.717, 1.165) is 0 Å². The summed E-state index contributed by atoms with van der Waals surface area (Å²) in [4.78, 5) is 24.8. The third kappa shape index (κ3) is 3.98. The molecule has 0 saturated heterocycles. The van der Waals surface area contributed by atoms with Gasteiger partial charge in [0.15, 0.2) is 11.5 Å². The second-order valence-corrected chi connectivity index (χ2v) is 4.62. The molecule has 6 heteroatoms. The fourth-order valence-corrected chi connectivity index (χ4v) is 1.97. The van der Waals surface area contributed by atoms with E-state index in [0.29, 0.717) is 30.3 Å². The number of nitrogens with one attached hydrogen (secondary N) is 1. The van der Waals surface area contributed by atoms with Gasteiger partial charge in [-0.05, 0) is 12.1 Å². The van der Waals surface area contributed by atoms with Crippen molar-refractivity contribution < 1.29 is 19.1 Å². The van der Waals surface area contributed by atoms with Gasteiger partial charge in [-0.15, -0.1) is 6.58 Å². The molecule has 1 aromatic carbocycles. The molecule has 112 valence electrons. The van der Waals surface area contributed by atoms with E-state index in [1.54, 1.807) is 29.2 Å². The Morgan fingerprint density at radius 1 is 1.38 bits per heavy atom. The summed E-state index contributed by atoms with van der Waals surface area (Å²) >= 11 is 0. The lowest BCUT2D eigenvalue weighted by atomic mass is 10.2. The Hall–Kier alpha value is -2.50. The maximum atomic E-state index is 11.9. The fourth-order valence-electron chi connectivity index (χ4n) is 1.97. The molecule has 2 rings (SSSR count). The van der Waals surface area contributed by atoms with Crippen molar-refractivity contribution in [3.63, 3.8) is 0 Å². The molecule has 1 aromatic rings. The van der Waals surface area contributed by atoms with Crippen molar-refractivity contribution >= 4 is 17.5 Å². The lowest BCUT2D eigenvalue weighted by molar-refractivity contribution is -0.128. The van der Waals surface area contributed by atoms with Crippen molar-refractivity contribution in [1.82, 2.24) is 4.90 Å². The zero-order chi connectivity index (χ0) is 15.2. The normalized spacial score (nSPS) is 11.9. The highest BCUT2D eigenvalue weighted by Gasteiger charge is 2.14. The first-order valence-corrected chi connectivity index (χ1v) is 6.66. The molecule has 1 aliphatic rings. The molecule has 0 radical (unpaired) electrons. The van der Waals surface area contributed by atoms with Crippen LogP contribution in [-0.4, -0.2) is 36.6 Å². The van der Waals surface area contributed by atoms with Crippen LogP contribution in [-0.2, 0) is 9.59 Å². The molecule has 0 bridgehead atoms. The number of carbonyl (C=O) groups excluding carboxylic acids is 2. The lowest BCUT2D eigenvalue weighted by Crippen LogP contribution is -2.32. The van der Waals surface area contributed by atoms with Gasteiger partial charge in [0.05, 0.1) is 0 Å². The monoisotopic (exact) mass is 290 g/mol. The van der Waals surface area contributed by atoms with E-state index in [1.807, 2.05) is 0 Å². The Morgan fingerprint density at radius 3 is 2.86 bits per heavy atom. The summed E-state index contributed by atoms with van der Waals surface area (Å²) in [5.74, 6) is 1.04. The molecule has 0 spiro atoms. The molecule has 0 aliphatic carbocycles. The second-order valence-electron chi connectivity index (χ2n) is 4.62. The number of benzene rings is 1. The summed E-state index contributed by atoms with van der Waals surface area (Å²) in [6, 6.07) is 5.21. The van der Waals surface area contributed by atoms with E-state index in [4.69, 9.17) is 9.47 Å². The van der Waals surface area contributed by atoms with E-state index in [9.17, 15) is 9.59 Å². The highest BCUT2D eigenvalue weighted by Crippen LogP contribution is 2.34. The minimum absolute atomic E-state index is 0.0780. The topological polar surface area (TPSA) is 67.9 Å². The van der Waals surface area contributed by atoms with Gasteiger partial charge >= 0.3 is 0 Å². The van der Waals surface area contributed by atoms with Gasteiger partial charge in [0.25, 0.3) is 0 Å². The van der Waals surface area contributed by atoms with E-state index >= 15 is 0 Å². The summed E-state index contributed by atoms with van der Waals surface area (Å²) in [6.45, 7) is 6.05. The molecule has 1 heterocycles. The van der Waals surface area contributed by atoms with E-state index < -0.39 is 0 Å². The van der Waals surface area contributed by atoms with Crippen LogP contribution in [0.5, 0.6) is 11.5 Å². The van der Waals surface area contributed by atoms with Gasteiger partial charge in [0.1, 0.15) is 0 Å². The van der Waals surface area contributed by atoms with Crippen LogP contribution in [0.3, 0.4) is 0 Å². The number of fused-ring (bicyclic) bond motifs is 1. The molecule has 0 atom stereocenters. The number of anilines is 1. The van der Waals surface area contributed by atoms with Crippen LogP contribution in [0, 0.1) is 0 Å². The molecule has 1 N–H and O–H groups in total. The summed E-state index contributed by atoms with van der Waals surface area (Å²) in [7, 11) is 0. The Balaban J connectivity index is 1.87. The third-order valence-corrected chi connectivity index (χ3v) is 3.06. The summed E-state index contributed by atoms with van der Waals surface area (Å²) in [6.07, 6.45) is 1.86. The predicted octanol–water partition coefficient (Wildman–Crippen LogP) is 1.78. The number of rotatable bonds is 6. The van der Waals surface area contributed by atoms with Gasteiger partial charge in [0.2, 0.25) is 18.6 Å². The van der Waals surface area contributed by atoms with Gasteiger partial charge < -0.3 is 19.7 Å². The van der Waals surface area contributed by atoms with Gasteiger partial charge in [-0.2, -0.15) is 0 Å². The van der Waals surface area contributed by atoms with Crippen LogP contribution in [0.15, 0.2) is 30.9 Å². The number of amides is 2. The maximum absolute atomic E-state index is 11.9. The molecule has 0 saturated carbocycles. The van der Waals surface area contributed by atoms with Crippen LogP contribution in [0.2, 0.25) is 0 Å². The SMILES string of the molecule is C=CCN(CCC(=O)Nc1ccc2c(c1)OCO2)C(C)=O. The molecular weight excluding hydrogens is 272 g/mol. The Labute approximate surface area is 123 Å². The zero-order valence-corrected chi connectivity index (χ0v) is 11.9. The first-order chi connectivity index (χ1) is 10.1. The smallest absolute Gasteiger partial charge is 0.231 e. The number of hydrogen-bond acceptors (Lipinski definition) is 4. The van der Waals surface area contributed by atoms with Crippen molar-refractivity contribution in [2.75, 3.05) is 25.2 Å². The van der Waals surface area contributed by atoms with Crippen LogP contribution >= 0.6 is 0 Å². The Kier molecular flexibility index (Phi) is 4.81. The maximum Gasteiger partial charge on any atom is 0.231 e. The average molecular weight is 290 g/mol. The molecule has 2 amide bonds. The van der Waals surface area contributed by atoms with Gasteiger partial charge in [-0.3, -0.25) is 9.59 Å². The number of nitrogens with zero attached hydrogens (tertiary/aromatic N) is 1. The van der Waals surface area contributed by atoms with Gasteiger partial charge in [-0.25, -0.2) is 0 Å². The number of carbonyl (C=O) groups is 2. The molecule has 21 heavy (non-hydrogen) atoms. The second kappa shape index (κ2) is 6.78. The Morgan fingerprint density at radius 2 is 2.14 bits per heavy atom. The molecule has 0 aromatic heterocycles. The molecular formula is C15H18N2O4. The minimum atomic E-state index is -0.163. The van der Waals surface area contributed by atoms with E-state index in [2.05, 4.69) is 11.9 Å². The number of ether oxygens (including phenoxy) is 2. The van der Waals surface area contributed by atoms with Crippen LogP contribution in [0.1, 0.15) is 13.3 Å². The molecule has 6 nitrogen and oxygen atoms in total. The summed E-state index contributed by atoms with van der Waals surface area (Å²) in [5.41, 5.74) is 0.641. The Bertz CT molecular complexity index is 557. The lowest BCUT2D eigenvalue weighted by Gasteiger charge is -2.18. The summed E-state index contributed by atoms with van der Waals surface area (Å²) < 4.78 is 10.4. The van der Waals surface area contributed by atoms with E-state index in [-0.39, 0.29) is 25.0 Å². The van der Waals surface area contributed by atoms with Crippen molar-refractivity contribution in [1.29, 1.82) is 0 Å². The molecule has 0 unspecified atom stereocenters. The quantitative estimate of drug-likeness (QED) is 0.811. The largest absolute Gasteiger partial charge is 0.454 e. The highest BCUT2D eigenvalue weighted by atomic mass is 16.7. The summed E-state index contributed by atoms with van der Waals surface area (Å²) in [5, 5.41) is 2.77. The number of hydrogen-bond donors (Lipinski definition) is 1. The van der Waals surface area contributed by atoms with Crippen molar-refractivity contribution in [3.05, 3.63) is 30.9 Å².